The average molecular weight is 420 g/mol. The number of aromatic nitrogens is 4. The normalized spacial score (nSPS) is 11.3. The number of benzene rings is 2. The Balaban J connectivity index is 1.24. The number of hydrogen-bond acceptors (Lipinski definition) is 5. The molecule has 4 rings (SSSR count). The molecule has 0 saturated carbocycles. The number of carbonyl (C=O) groups is 1. The molecule has 31 heavy (non-hydrogen) atoms. The number of para-hydroxylation sites is 3. The lowest BCUT2D eigenvalue weighted by Gasteiger charge is -2.08. The van der Waals surface area contributed by atoms with E-state index in [1.807, 2.05) is 43.3 Å². The Bertz CT molecular complexity index is 1350. The monoisotopic (exact) mass is 420 g/mol. The first-order valence-corrected chi connectivity index (χ1v) is 10.3. The summed E-state index contributed by atoms with van der Waals surface area (Å²) in [4.78, 5) is 43.8. The van der Waals surface area contributed by atoms with Gasteiger partial charge in [0.2, 0.25) is 0 Å². The number of hydrogen-bond donors (Lipinski definition) is 1. The third-order valence-electron chi connectivity index (χ3n) is 5.31. The summed E-state index contributed by atoms with van der Waals surface area (Å²) in [5.74, 6) is -0.316. The van der Waals surface area contributed by atoms with Gasteiger partial charge < -0.3 is 9.72 Å². The zero-order chi connectivity index (χ0) is 21.8. The first-order valence-electron chi connectivity index (χ1n) is 10.3. The molecule has 0 saturated heterocycles. The van der Waals surface area contributed by atoms with Gasteiger partial charge in [0.15, 0.2) is 0 Å². The van der Waals surface area contributed by atoms with Crippen molar-refractivity contribution in [2.75, 3.05) is 6.61 Å². The number of rotatable bonds is 8. The molecule has 0 atom stereocenters. The summed E-state index contributed by atoms with van der Waals surface area (Å²) >= 11 is 0. The van der Waals surface area contributed by atoms with Crippen molar-refractivity contribution in [1.29, 1.82) is 0 Å². The van der Waals surface area contributed by atoms with Crippen molar-refractivity contribution < 1.29 is 9.53 Å². The van der Waals surface area contributed by atoms with E-state index in [0.29, 0.717) is 36.8 Å². The molecule has 4 aromatic rings. The Hall–Kier alpha value is -3.68. The Morgan fingerprint density at radius 2 is 1.90 bits per heavy atom. The average Bonchev–Trinajstić information content (AvgIpc) is 3.08. The number of H-pyrrole nitrogens is 1. The number of nitrogens with one attached hydrogen (secondary N) is 1. The maximum Gasteiger partial charge on any atom is 0.326 e. The summed E-state index contributed by atoms with van der Waals surface area (Å²) in [5.41, 5.74) is 3.02. The minimum atomic E-state index is -0.316. The van der Waals surface area contributed by atoms with Crippen LogP contribution in [0.5, 0.6) is 0 Å². The Morgan fingerprint density at radius 1 is 1.06 bits per heavy atom. The van der Waals surface area contributed by atoms with Gasteiger partial charge in [-0.3, -0.25) is 18.7 Å². The summed E-state index contributed by atoms with van der Waals surface area (Å²) in [6.45, 7) is 3.02. The van der Waals surface area contributed by atoms with E-state index in [1.165, 1.54) is 10.9 Å². The van der Waals surface area contributed by atoms with Crippen molar-refractivity contribution in [3.05, 3.63) is 75.2 Å². The minimum absolute atomic E-state index is 0.105. The van der Waals surface area contributed by atoms with E-state index in [-0.39, 0.29) is 30.2 Å². The van der Waals surface area contributed by atoms with Crippen LogP contribution in [0.1, 0.15) is 24.8 Å². The highest BCUT2D eigenvalue weighted by Gasteiger charge is 2.09. The lowest BCUT2D eigenvalue weighted by atomic mass is 10.1. The number of nitrogens with zero attached hydrogens (tertiary/aromatic N) is 3. The van der Waals surface area contributed by atoms with Crippen molar-refractivity contribution in [2.24, 2.45) is 0 Å². The Morgan fingerprint density at radius 3 is 2.77 bits per heavy atom. The number of imidazole rings is 1. The summed E-state index contributed by atoms with van der Waals surface area (Å²) in [6, 6.07) is 13.0. The van der Waals surface area contributed by atoms with Crippen LogP contribution in [0, 0.1) is 6.92 Å². The lowest BCUT2D eigenvalue weighted by Crippen LogP contribution is -2.21. The molecular formula is C23H24N4O4. The minimum Gasteiger partial charge on any atom is -0.466 e. The van der Waals surface area contributed by atoms with E-state index in [4.69, 9.17) is 4.74 Å². The lowest BCUT2D eigenvalue weighted by molar-refractivity contribution is -0.143. The summed E-state index contributed by atoms with van der Waals surface area (Å²) in [6.07, 6.45) is 2.77. The number of aryl methyl sites for hydroxylation is 3. The van der Waals surface area contributed by atoms with E-state index >= 15 is 0 Å². The van der Waals surface area contributed by atoms with E-state index < -0.39 is 0 Å². The zero-order valence-corrected chi connectivity index (χ0v) is 17.3. The SMILES string of the molecule is Cc1cccc2c(=O)n(CCCC(=O)OCCCn3c(=O)[nH]c4ccccc43)cnc12. The van der Waals surface area contributed by atoms with Gasteiger partial charge in [0.25, 0.3) is 5.56 Å². The number of fused-ring (bicyclic) bond motifs is 2. The second-order valence-corrected chi connectivity index (χ2v) is 7.49. The number of ether oxygens (including phenoxy) is 1. The fourth-order valence-electron chi connectivity index (χ4n) is 3.70. The largest absolute Gasteiger partial charge is 0.466 e. The fourth-order valence-corrected chi connectivity index (χ4v) is 3.70. The maximum absolute atomic E-state index is 12.6. The van der Waals surface area contributed by atoms with Gasteiger partial charge >= 0.3 is 11.7 Å². The molecule has 8 nitrogen and oxygen atoms in total. The number of aromatic amines is 1. The van der Waals surface area contributed by atoms with Crippen LogP contribution in [0.25, 0.3) is 21.9 Å². The maximum atomic E-state index is 12.6. The molecule has 8 heteroatoms. The summed E-state index contributed by atoms with van der Waals surface area (Å²) in [5, 5.41) is 0.581. The quantitative estimate of drug-likeness (QED) is 0.349. The van der Waals surface area contributed by atoms with Crippen LogP contribution < -0.4 is 11.2 Å². The third-order valence-corrected chi connectivity index (χ3v) is 5.31. The van der Waals surface area contributed by atoms with Gasteiger partial charge in [0, 0.05) is 19.5 Å². The van der Waals surface area contributed by atoms with Crippen molar-refractivity contribution in [2.45, 2.75) is 39.3 Å². The third kappa shape index (κ3) is 4.42. The smallest absolute Gasteiger partial charge is 0.326 e. The predicted molar refractivity (Wildman–Crippen MR) is 118 cm³/mol. The first kappa shape index (κ1) is 20.6. The molecule has 2 aromatic heterocycles. The van der Waals surface area contributed by atoms with Gasteiger partial charge in [-0.2, -0.15) is 0 Å². The van der Waals surface area contributed by atoms with Crippen molar-refractivity contribution in [3.8, 4) is 0 Å². The topological polar surface area (TPSA) is 99.0 Å². The van der Waals surface area contributed by atoms with E-state index in [9.17, 15) is 14.4 Å². The molecule has 0 fully saturated rings. The van der Waals surface area contributed by atoms with Gasteiger partial charge in [-0.25, -0.2) is 9.78 Å². The highest BCUT2D eigenvalue weighted by Crippen LogP contribution is 2.12. The van der Waals surface area contributed by atoms with E-state index in [1.54, 1.807) is 10.6 Å². The molecule has 0 unspecified atom stereocenters. The molecule has 0 spiro atoms. The molecule has 0 amide bonds. The molecule has 1 N–H and O–H groups in total. The van der Waals surface area contributed by atoms with Gasteiger partial charge in [-0.1, -0.05) is 24.3 Å². The molecule has 160 valence electrons. The second-order valence-electron chi connectivity index (χ2n) is 7.49. The standard InChI is InChI=1S/C23H24N4O4/c1-16-7-4-8-17-21(16)24-15-26(22(17)29)12-5-11-20(28)31-14-6-13-27-19-10-3-2-9-18(19)25-23(27)30/h2-4,7-10,15H,5-6,11-14H2,1H3,(H,25,30). The van der Waals surface area contributed by atoms with Crippen LogP contribution in [0.15, 0.2) is 58.4 Å². The molecule has 2 aromatic carbocycles. The van der Waals surface area contributed by atoms with Gasteiger partial charge in [0.05, 0.1) is 34.9 Å². The van der Waals surface area contributed by atoms with Crippen LogP contribution in [-0.4, -0.2) is 31.7 Å². The fraction of sp³-hybridized carbons (Fsp3) is 0.304. The first-order chi connectivity index (χ1) is 15.0. The second kappa shape index (κ2) is 8.99. The van der Waals surface area contributed by atoms with E-state index in [2.05, 4.69) is 9.97 Å². The van der Waals surface area contributed by atoms with E-state index in [0.717, 1.165) is 16.6 Å². The van der Waals surface area contributed by atoms with Crippen LogP contribution in [0.4, 0.5) is 0 Å². The summed E-state index contributed by atoms with van der Waals surface area (Å²) in [7, 11) is 0. The predicted octanol–water partition coefficient (Wildman–Crippen LogP) is 2.76. The number of esters is 1. The molecule has 0 aliphatic heterocycles. The molecular weight excluding hydrogens is 396 g/mol. The highest BCUT2D eigenvalue weighted by molar-refractivity contribution is 5.80. The van der Waals surface area contributed by atoms with Gasteiger partial charge in [0.1, 0.15) is 0 Å². The van der Waals surface area contributed by atoms with Crippen molar-refractivity contribution in [3.63, 3.8) is 0 Å². The molecule has 0 bridgehead atoms. The van der Waals surface area contributed by atoms with Crippen LogP contribution in [-0.2, 0) is 22.6 Å². The zero-order valence-electron chi connectivity index (χ0n) is 17.3. The number of carbonyl (C=O) groups excluding carboxylic acids is 1. The summed E-state index contributed by atoms with van der Waals surface area (Å²) < 4.78 is 8.45. The van der Waals surface area contributed by atoms with Crippen LogP contribution in [0.2, 0.25) is 0 Å². The molecule has 0 radical (unpaired) electrons. The molecule has 0 aliphatic rings. The Labute approximate surface area is 178 Å². The highest BCUT2D eigenvalue weighted by atomic mass is 16.5. The van der Waals surface area contributed by atoms with Crippen LogP contribution in [0.3, 0.4) is 0 Å². The van der Waals surface area contributed by atoms with Crippen molar-refractivity contribution >= 4 is 27.9 Å². The molecule has 0 aliphatic carbocycles. The van der Waals surface area contributed by atoms with Gasteiger partial charge in [-0.15, -0.1) is 0 Å². The van der Waals surface area contributed by atoms with Crippen LogP contribution >= 0.6 is 0 Å². The van der Waals surface area contributed by atoms with Crippen molar-refractivity contribution in [1.82, 2.24) is 19.1 Å². The molecule has 2 heterocycles. The Kier molecular flexibility index (Phi) is 5.97. The van der Waals surface area contributed by atoms with Gasteiger partial charge in [-0.05, 0) is 43.5 Å².